The topological polar surface area (TPSA) is 54.5 Å². The van der Waals surface area contributed by atoms with E-state index in [9.17, 15) is 14.4 Å². The molecule has 7 rings (SSSR count). The van der Waals surface area contributed by atoms with E-state index in [1.807, 2.05) is 83.1 Å². The van der Waals surface area contributed by atoms with Crippen molar-refractivity contribution in [3.05, 3.63) is 128 Å². The first-order valence-corrected chi connectivity index (χ1v) is 13.8. The Kier molecular flexibility index (Phi) is 5.00. The number of hydrogen-bond donors (Lipinski definition) is 0. The lowest BCUT2D eigenvalue weighted by Crippen LogP contribution is -2.48. The average Bonchev–Trinajstić information content (AvgIpc) is 3.63. The summed E-state index contributed by atoms with van der Waals surface area (Å²) in [6, 6.07) is 25.0. The van der Waals surface area contributed by atoms with Crippen molar-refractivity contribution in [2.45, 2.75) is 18.0 Å². The maximum absolute atomic E-state index is 14.5. The molecular formula is C31H20BrNO3S. The molecule has 1 aliphatic carbocycles. The molecule has 0 bridgehead atoms. The second kappa shape index (κ2) is 8.20. The van der Waals surface area contributed by atoms with E-state index >= 15 is 0 Å². The molecule has 1 saturated heterocycles. The third-order valence-electron chi connectivity index (χ3n) is 7.97. The molecule has 0 amide bonds. The number of Topliss-reactive ketones (excluding diaryl/α,β-unsaturated/α-hetero) is 3. The Morgan fingerprint density at radius 1 is 0.838 bits per heavy atom. The summed E-state index contributed by atoms with van der Waals surface area (Å²) in [6.07, 6.45) is 3.94. The van der Waals surface area contributed by atoms with Gasteiger partial charge in [-0.15, -0.1) is 11.3 Å². The molecule has 180 valence electrons. The number of ketones is 3. The predicted octanol–water partition coefficient (Wildman–Crippen LogP) is 6.83. The fraction of sp³-hybridized carbons (Fsp3) is 0.129. The molecule has 1 spiro atoms. The molecule has 3 atom stereocenters. The number of benzene rings is 3. The van der Waals surface area contributed by atoms with Crippen molar-refractivity contribution in [1.82, 2.24) is 0 Å². The second-order valence-corrected chi connectivity index (χ2v) is 11.5. The summed E-state index contributed by atoms with van der Waals surface area (Å²) in [5, 5.41) is 1.88. The highest BCUT2D eigenvalue weighted by molar-refractivity contribution is 9.10. The highest BCUT2D eigenvalue weighted by atomic mass is 79.9. The summed E-state index contributed by atoms with van der Waals surface area (Å²) in [5.41, 5.74) is 2.04. The number of carbonyl (C=O) groups excluding carboxylic acids is 3. The lowest BCUT2D eigenvalue weighted by atomic mass is 9.64. The lowest BCUT2D eigenvalue weighted by Gasteiger charge is -2.37. The van der Waals surface area contributed by atoms with Crippen LogP contribution in [0.1, 0.15) is 47.4 Å². The second-order valence-electron chi connectivity index (χ2n) is 9.66. The summed E-state index contributed by atoms with van der Waals surface area (Å²) in [5.74, 6) is -1.17. The van der Waals surface area contributed by atoms with Crippen molar-refractivity contribution in [2.75, 3.05) is 4.90 Å². The van der Waals surface area contributed by atoms with Crippen molar-refractivity contribution >= 4 is 56.4 Å². The first kappa shape index (κ1) is 22.6. The minimum Gasteiger partial charge on any atom is -0.352 e. The average molecular weight is 566 g/mol. The molecule has 3 aromatic carbocycles. The summed E-state index contributed by atoms with van der Waals surface area (Å²) >= 11 is 4.90. The number of thiophene rings is 1. The number of anilines is 1. The third kappa shape index (κ3) is 2.97. The summed E-state index contributed by atoms with van der Waals surface area (Å²) in [4.78, 5) is 46.0. The summed E-state index contributed by atoms with van der Waals surface area (Å²) in [7, 11) is 0. The van der Waals surface area contributed by atoms with Gasteiger partial charge >= 0.3 is 0 Å². The Morgan fingerprint density at radius 3 is 2.19 bits per heavy atom. The molecule has 37 heavy (non-hydrogen) atoms. The van der Waals surface area contributed by atoms with Gasteiger partial charge in [0, 0.05) is 27.2 Å². The van der Waals surface area contributed by atoms with E-state index in [4.69, 9.17) is 0 Å². The predicted molar refractivity (Wildman–Crippen MR) is 149 cm³/mol. The zero-order valence-corrected chi connectivity index (χ0v) is 21.9. The highest BCUT2D eigenvalue weighted by Gasteiger charge is 2.71. The fourth-order valence-corrected chi connectivity index (χ4v) is 7.49. The van der Waals surface area contributed by atoms with Crippen LogP contribution in [0, 0.1) is 5.41 Å². The van der Waals surface area contributed by atoms with Gasteiger partial charge in [-0.3, -0.25) is 14.4 Å². The standard InChI is InChI=1S/C31H20BrNO3S/c32-20-14-11-19(12-15-20)26-27(28(34)24-10-5-17-37-24)33-23-9-4-1-6-18(23)13-16-25(33)31(26)29(35)21-7-2-3-8-22(21)30(31)36/h1-17,25-27H. The van der Waals surface area contributed by atoms with E-state index in [1.54, 1.807) is 24.3 Å². The minimum atomic E-state index is -1.46. The molecule has 4 nitrogen and oxygen atoms in total. The molecule has 0 radical (unpaired) electrons. The van der Waals surface area contributed by atoms with Gasteiger partial charge in [0.15, 0.2) is 17.3 Å². The first-order valence-electron chi connectivity index (χ1n) is 12.1. The van der Waals surface area contributed by atoms with Gasteiger partial charge in [0.25, 0.3) is 0 Å². The van der Waals surface area contributed by atoms with Crippen LogP contribution < -0.4 is 4.90 Å². The molecule has 4 aromatic rings. The minimum absolute atomic E-state index is 0.0774. The van der Waals surface area contributed by atoms with E-state index in [0.29, 0.717) is 16.0 Å². The maximum Gasteiger partial charge on any atom is 0.195 e. The molecule has 3 heterocycles. The highest BCUT2D eigenvalue weighted by Crippen LogP contribution is 2.61. The van der Waals surface area contributed by atoms with Crippen LogP contribution in [0.2, 0.25) is 0 Å². The molecule has 0 N–H and O–H groups in total. The summed E-state index contributed by atoms with van der Waals surface area (Å²) < 4.78 is 0.889. The van der Waals surface area contributed by atoms with Crippen LogP contribution in [0.15, 0.2) is 101 Å². The van der Waals surface area contributed by atoms with Crippen molar-refractivity contribution in [1.29, 1.82) is 0 Å². The summed E-state index contributed by atoms with van der Waals surface area (Å²) in [6.45, 7) is 0. The Labute approximate surface area is 226 Å². The van der Waals surface area contributed by atoms with Gasteiger partial charge in [-0.05, 0) is 40.8 Å². The van der Waals surface area contributed by atoms with Crippen molar-refractivity contribution in [2.24, 2.45) is 5.41 Å². The van der Waals surface area contributed by atoms with Crippen LogP contribution in [0.5, 0.6) is 0 Å². The normalized spacial score (nSPS) is 22.7. The Hall–Kier alpha value is -3.61. The molecule has 3 aliphatic rings. The Bertz CT molecular complexity index is 1590. The largest absolute Gasteiger partial charge is 0.352 e. The van der Waals surface area contributed by atoms with Gasteiger partial charge in [-0.25, -0.2) is 0 Å². The van der Waals surface area contributed by atoms with Crippen molar-refractivity contribution < 1.29 is 14.4 Å². The van der Waals surface area contributed by atoms with Crippen LogP contribution >= 0.6 is 27.3 Å². The monoisotopic (exact) mass is 565 g/mol. The number of rotatable bonds is 3. The number of nitrogens with zero attached hydrogens (tertiary/aromatic N) is 1. The zero-order chi connectivity index (χ0) is 25.3. The SMILES string of the molecule is O=C(c1cccs1)C1C(c2ccc(Br)cc2)C2(C(=O)c3ccccc3C2=O)C2C=Cc3ccccc3N12. The van der Waals surface area contributed by atoms with Gasteiger partial charge in [-0.2, -0.15) is 0 Å². The van der Waals surface area contributed by atoms with Crippen molar-refractivity contribution in [3.63, 3.8) is 0 Å². The Balaban J connectivity index is 1.56. The zero-order valence-electron chi connectivity index (χ0n) is 19.5. The molecule has 0 saturated carbocycles. The van der Waals surface area contributed by atoms with Gasteiger partial charge in [-0.1, -0.05) is 88.7 Å². The van der Waals surface area contributed by atoms with Crippen LogP contribution in [0.3, 0.4) is 0 Å². The third-order valence-corrected chi connectivity index (χ3v) is 9.39. The molecular weight excluding hydrogens is 546 g/mol. The van der Waals surface area contributed by atoms with E-state index in [-0.39, 0.29) is 17.3 Å². The fourth-order valence-electron chi connectivity index (χ4n) is 6.53. The van der Waals surface area contributed by atoms with Crippen LogP contribution in [-0.2, 0) is 0 Å². The smallest absolute Gasteiger partial charge is 0.195 e. The van der Waals surface area contributed by atoms with E-state index < -0.39 is 23.4 Å². The van der Waals surface area contributed by atoms with E-state index in [2.05, 4.69) is 15.9 Å². The van der Waals surface area contributed by atoms with Crippen LogP contribution in [-0.4, -0.2) is 29.4 Å². The molecule has 6 heteroatoms. The Morgan fingerprint density at radius 2 is 1.51 bits per heavy atom. The number of para-hydroxylation sites is 1. The number of hydrogen-bond acceptors (Lipinski definition) is 5. The number of carbonyl (C=O) groups is 3. The van der Waals surface area contributed by atoms with Gasteiger partial charge in [0.05, 0.1) is 10.9 Å². The van der Waals surface area contributed by atoms with Crippen molar-refractivity contribution in [3.8, 4) is 0 Å². The van der Waals surface area contributed by atoms with Gasteiger partial charge in [0.1, 0.15) is 11.5 Å². The van der Waals surface area contributed by atoms with Gasteiger partial charge in [0.2, 0.25) is 0 Å². The molecule has 1 fully saturated rings. The van der Waals surface area contributed by atoms with E-state index in [0.717, 1.165) is 21.3 Å². The lowest BCUT2D eigenvalue weighted by molar-refractivity contribution is 0.0666. The molecule has 3 unspecified atom stereocenters. The van der Waals surface area contributed by atoms with Gasteiger partial charge < -0.3 is 4.90 Å². The number of fused-ring (bicyclic) bond motifs is 5. The van der Waals surface area contributed by atoms with Crippen LogP contribution in [0.25, 0.3) is 6.08 Å². The van der Waals surface area contributed by atoms with Crippen LogP contribution in [0.4, 0.5) is 5.69 Å². The first-order chi connectivity index (χ1) is 18.0. The molecule has 2 aliphatic heterocycles. The van der Waals surface area contributed by atoms with E-state index in [1.165, 1.54) is 11.3 Å². The maximum atomic E-state index is 14.5. The molecule has 1 aromatic heterocycles. The number of halogens is 1. The quantitative estimate of drug-likeness (QED) is 0.202.